The number of carbonyl (C=O) groups is 4. The molecule has 0 radical (unpaired) electrons. The van der Waals surface area contributed by atoms with Crippen LogP contribution in [0.5, 0.6) is 0 Å². The van der Waals surface area contributed by atoms with Gasteiger partial charge in [0, 0.05) is 57.9 Å². The van der Waals surface area contributed by atoms with Gasteiger partial charge in [0.15, 0.2) is 5.78 Å². The van der Waals surface area contributed by atoms with Gasteiger partial charge in [-0.15, -0.1) is 0 Å². The molecule has 4 rings (SSSR count). The van der Waals surface area contributed by atoms with Crippen molar-refractivity contribution in [3.05, 3.63) is 70.8 Å². The molecule has 0 bridgehead atoms. The van der Waals surface area contributed by atoms with Gasteiger partial charge in [-0.2, -0.15) is 0 Å². The molecule has 2 heterocycles. The van der Waals surface area contributed by atoms with Crippen molar-refractivity contribution in [3.63, 3.8) is 0 Å². The number of Topliss-reactive ketones (excluding diaryl/α,β-unsaturated/α-hetero) is 1. The van der Waals surface area contributed by atoms with Crippen molar-refractivity contribution in [2.75, 3.05) is 79.4 Å². The molecule has 2 aliphatic heterocycles. The molecule has 2 fully saturated rings. The molecule has 44 heavy (non-hydrogen) atoms. The summed E-state index contributed by atoms with van der Waals surface area (Å²) >= 11 is 0. The highest BCUT2D eigenvalue weighted by Crippen LogP contribution is 2.13. The lowest BCUT2D eigenvalue weighted by Gasteiger charge is -2.32. The SMILES string of the molecule is CCN(Cc1ccc(C(=O)CN)cc1)C(=O)N1CCOCC1.CCN(Cc1ccc(C(=O)OC)cc1)C(=O)N1CCOCC1. The van der Waals surface area contributed by atoms with Gasteiger partial charge in [0.2, 0.25) is 0 Å². The summed E-state index contributed by atoms with van der Waals surface area (Å²) in [4.78, 5) is 55.1. The second-order valence-corrected chi connectivity index (χ2v) is 10.3. The molecule has 0 aromatic heterocycles. The smallest absolute Gasteiger partial charge is 0.337 e. The van der Waals surface area contributed by atoms with Crippen LogP contribution in [-0.4, -0.2) is 123 Å². The Hall–Kier alpha value is -4.00. The lowest BCUT2D eigenvalue weighted by atomic mass is 10.1. The average Bonchev–Trinajstić information content (AvgIpc) is 3.09. The zero-order chi connectivity index (χ0) is 31.9. The van der Waals surface area contributed by atoms with Crippen molar-refractivity contribution < 1.29 is 33.4 Å². The van der Waals surface area contributed by atoms with Crippen LogP contribution in [0.4, 0.5) is 9.59 Å². The van der Waals surface area contributed by atoms with E-state index in [0.717, 1.165) is 11.1 Å². The summed E-state index contributed by atoms with van der Waals surface area (Å²) in [7, 11) is 1.36. The van der Waals surface area contributed by atoms with Gasteiger partial charge >= 0.3 is 18.0 Å². The van der Waals surface area contributed by atoms with Crippen LogP contribution in [0.25, 0.3) is 0 Å². The molecule has 240 valence electrons. The minimum Gasteiger partial charge on any atom is -0.465 e. The van der Waals surface area contributed by atoms with E-state index in [4.69, 9.17) is 15.2 Å². The first-order chi connectivity index (χ1) is 21.3. The monoisotopic (exact) mass is 611 g/mol. The number of nitrogens with two attached hydrogens (primary N) is 1. The normalized spacial score (nSPS) is 14.6. The predicted molar refractivity (Wildman–Crippen MR) is 165 cm³/mol. The number of rotatable bonds is 9. The molecule has 4 amide bonds. The van der Waals surface area contributed by atoms with Crippen LogP contribution < -0.4 is 5.73 Å². The van der Waals surface area contributed by atoms with Crippen LogP contribution >= 0.6 is 0 Å². The van der Waals surface area contributed by atoms with E-state index in [1.807, 2.05) is 47.9 Å². The summed E-state index contributed by atoms with van der Waals surface area (Å²) in [6, 6.07) is 14.5. The number of ether oxygens (including phenoxy) is 3. The molecule has 2 aliphatic rings. The van der Waals surface area contributed by atoms with E-state index in [1.165, 1.54) is 7.11 Å². The number of esters is 1. The molecule has 12 heteroatoms. The second-order valence-electron chi connectivity index (χ2n) is 10.3. The van der Waals surface area contributed by atoms with Gasteiger partial charge in [0.05, 0.1) is 45.6 Å². The fourth-order valence-electron chi connectivity index (χ4n) is 4.76. The first-order valence-electron chi connectivity index (χ1n) is 15.0. The quantitative estimate of drug-likeness (QED) is 0.338. The number of hydrogen-bond acceptors (Lipinski definition) is 8. The summed E-state index contributed by atoms with van der Waals surface area (Å²) in [6.07, 6.45) is 0. The van der Waals surface area contributed by atoms with Gasteiger partial charge in [-0.1, -0.05) is 36.4 Å². The lowest BCUT2D eigenvalue weighted by molar-refractivity contribution is 0.0430. The summed E-state index contributed by atoms with van der Waals surface area (Å²) in [5.74, 6) is -0.438. The number of methoxy groups -OCH3 is 1. The van der Waals surface area contributed by atoms with Crippen molar-refractivity contribution in [2.45, 2.75) is 26.9 Å². The second kappa shape index (κ2) is 18.0. The van der Waals surface area contributed by atoms with E-state index in [2.05, 4.69) is 4.74 Å². The van der Waals surface area contributed by atoms with Gasteiger partial charge < -0.3 is 39.5 Å². The zero-order valence-electron chi connectivity index (χ0n) is 26.0. The van der Waals surface area contributed by atoms with Crippen molar-refractivity contribution in [2.24, 2.45) is 5.73 Å². The standard InChI is InChI=1S/C16H23N3O3.C16H22N2O4/c1-2-18(16(21)19-7-9-22-10-8-19)12-13-3-5-14(6-4-13)15(20)11-17;1-3-17(16(20)18-8-10-22-11-9-18)12-13-4-6-14(7-5-13)15(19)21-2/h3-6H,2,7-12,17H2,1H3;4-7H,3,8-12H2,1-2H3. The van der Waals surface area contributed by atoms with E-state index < -0.39 is 0 Å². The van der Waals surface area contributed by atoms with Crippen LogP contribution in [0.15, 0.2) is 48.5 Å². The van der Waals surface area contributed by atoms with Gasteiger partial charge in [0.25, 0.3) is 0 Å². The largest absolute Gasteiger partial charge is 0.465 e. The number of morpholine rings is 2. The predicted octanol–water partition coefficient (Wildman–Crippen LogP) is 2.85. The third-order valence-electron chi connectivity index (χ3n) is 7.45. The minimum absolute atomic E-state index is 0.00987. The van der Waals surface area contributed by atoms with Crippen molar-refractivity contribution in [3.8, 4) is 0 Å². The first kappa shape index (κ1) is 34.5. The fourth-order valence-corrected chi connectivity index (χ4v) is 4.76. The minimum atomic E-state index is -0.358. The van der Waals surface area contributed by atoms with Crippen LogP contribution in [0.1, 0.15) is 45.7 Å². The molecule has 2 aromatic carbocycles. The third kappa shape index (κ3) is 10.0. The Morgan fingerprint density at radius 1 is 0.705 bits per heavy atom. The lowest BCUT2D eigenvalue weighted by Crippen LogP contribution is -2.47. The van der Waals surface area contributed by atoms with Crippen LogP contribution in [0, 0.1) is 0 Å². The Balaban J connectivity index is 0.000000240. The van der Waals surface area contributed by atoms with Crippen molar-refractivity contribution in [1.29, 1.82) is 0 Å². The Morgan fingerprint density at radius 3 is 1.43 bits per heavy atom. The summed E-state index contributed by atoms with van der Waals surface area (Å²) in [6.45, 7) is 11.2. The maximum atomic E-state index is 12.5. The molecule has 2 aromatic rings. The zero-order valence-corrected chi connectivity index (χ0v) is 26.0. The Morgan fingerprint density at radius 2 is 1.09 bits per heavy atom. The topological polar surface area (TPSA) is 135 Å². The molecule has 2 saturated heterocycles. The van der Waals surface area contributed by atoms with E-state index in [-0.39, 0.29) is 30.4 Å². The molecule has 0 unspecified atom stereocenters. The van der Waals surface area contributed by atoms with Crippen LogP contribution in [0.3, 0.4) is 0 Å². The van der Waals surface area contributed by atoms with Crippen molar-refractivity contribution in [1.82, 2.24) is 19.6 Å². The molecule has 0 atom stereocenters. The van der Waals surface area contributed by atoms with Gasteiger partial charge in [0.1, 0.15) is 0 Å². The van der Waals surface area contributed by atoms with Gasteiger partial charge in [-0.3, -0.25) is 4.79 Å². The molecule has 12 nitrogen and oxygen atoms in total. The molecular formula is C32H45N5O7. The number of ketones is 1. The Bertz CT molecular complexity index is 1120. The molecular weight excluding hydrogens is 566 g/mol. The number of benzene rings is 2. The van der Waals surface area contributed by atoms with E-state index in [9.17, 15) is 19.2 Å². The number of urea groups is 2. The molecule has 0 spiro atoms. The molecule has 0 aliphatic carbocycles. The maximum absolute atomic E-state index is 12.5. The summed E-state index contributed by atoms with van der Waals surface area (Å²) < 4.78 is 15.2. The molecule has 0 saturated carbocycles. The number of carbonyl (C=O) groups excluding carboxylic acids is 4. The highest BCUT2D eigenvalue weighted by Gasteiger charge is 2.23. The van der Waals surface area contributed by atoms with Crippen LogP contribution in [0.2, 0.25) is 0 Å². The summed E-state index contributed by atoms with van der Waals surface area (Å²) in [5.41, 5.74) is 8.44. The number of amides is 4. The van der Waals surface area contributed by atoms with Gasteiger partial charge in [-0.05, 0) is 37.1 Å². The van der Waals surface area contributed by atoms with Crippen molar-refractivity contribution >= 4 is 23.8 Å². The van der Waals surface area contributed by atoms with E-state index in [1.54, 1.807) is 34.1 Å². The third-order valence-corrected chi connectivity index (χ3v) is 7.45. The van der Waals surface area contributed by atoms with Gasteiger partial charge in [-0.25, -0.2) is 14.4 Å². The average molecular weight is 612 g/mol. The van der Waals surface area contributed by atoms with E-state index >= 15 is 0 Å². The Labute approximate surface area is 259 Å². The highest BCUT2D eigenvalue weighted by atomic mass is 16.5. The van der Waals surface area contributed by atoms with Crippen LogP contribution in [-0.2, 0) is 27.3 Å². The highest BCUT2D eigenvalue weighted by molar-refractivity contribution is 5.97. The molecule has 2 N–H and O–H groups in total. The number of hydrogen-bond donors (Lipinski definition) is 1. The fraction of sp³-hybridized carbons (Fsp3) is 0.500. The van der Waals surface area contributed by atoms with E-state index in [0.29, 0.717) is 89.9 Å². The summed E-state index contributed by atoms with van der Waals surface area (Å²) in [5, 5.41) is 0. The Kier molecular flexibility index (Phi) is 14.1. The maximum Gasteiger partial charge on any atom is 0.337 e. The number of nitrogens with zero attached hydrogens (tertiary/aromatic N) is 4. The first-order valence-corrected chi connectivity index (χ1v) is 15.0.